The molecule has 21 heavy (non-hydrogen) atoms. The standard InChI is InChI=1S/2C4H9.2C3H7.2C2H5.O.2Ti/c2*1-3-4-2;2*1-3-2;2*1-2;;;/h2*1,3-4H2,2H3;2*1,3H2,2H3;2*1H2,2H3;;;. The van der Waals surface area contributed by atoms with E-state index in [2.05, 4.69) is 41.5 Å². The van der Waals surface area contributed by atoms with Crippen LogP contribution in [0.15, 0.2) is 0 Å². The summed E-state index contributed by atoms with van der Waals surface area (Å²) in [7, 11) is 0. The van der Waals surface area contributed by atoms with Gasteiger partial charge in [0.1, 0.15) is 0 Å². The number of hydrogen-bond donors (Lipinski definition) is 0. The Kier molecular flexibility index (Phi) is 13.6. The predicted molar refractivity (Wildman–Crippen MR) is 91.7 cm³/mol. The van der Waals surface area contributed by atoms with Gasteiger partial charge < -0.3 is 0 Å². The summed E-state index contributed by atoms with van der Waals surface area (Å²) < 4.78 is 16.1. The number of hydrogen-bond acceptors (Lipinski definition) is 1. The van der Waals surface area contributed by atoms with Gasteiger partial charge in [0.05, 0.1) is 0 Å². The molecule has 0 radical (unpaired) electrons. The van der Waals surface area contributed by atoms with Crippen LogP contribution in [0.2, 0.25) is 28.4 Å². The van der Waals surface area contributed by atoms with Gasteiger partial charge in [-0.2, -0.15) is 0 Å². The first-order valence-corrected chi connectivity index (χ1v) is 17.7. The van der Waals surface area contributed by atoms with E-state index in [1.807, 2.05) is 0 Å². The van der Waals surface area contributed by atoms with Crippen LogP contribution >= 0.6 is 0 Å². The Morgan fingerprint density at radius 2 is 0.952 bits per heavy atom. The maximum atomic E-state index is 7.38. The quantitative estimate of drug-likeness (QED) is 0.281. The molecule has 0 unspecified atom stereocenters. The van der Waals surface area contributed by atoms with E-state index in [0.717, 1.165) is 0 Å². The Hall–Kier alpha value is 1.39. The van der Waals surface area contributed by atoms with Crippen molar-refractivity contribution >= 4 is 0 Å². The maximum absolute atomic E-state index is 7.38. The first-order chi connectivity index (χ1) is 10.1. The third-order valence-electron chi connectivity index (χ3n) is 5.10. The molecule has 0 atom stereocenters. The average Bonchev–Trinajstić information content (AvgIpc) is 2.50. The molecule has 0 rings (SSSR count). The summed E-state index contributed by atoms with van der Waals surface area (Å²) in [5.74, 6) is 0. The molecule has 0 bridgehead atoms. The molecular weight excluding hydrogens is 328 g/mol. The van der Waals surface area contributed by atoms with Crippen LogP contribution in [-0.4, -0.2) is 0 Å². The van der Waals surface area contributed by atoms with Gasteiger partial charge in [-0.15, -0.1) is 0 Å². The zero-order valence-corrected chi connectivity index (χ0v) is 19.0. The fourth-order valence-electron chi connectivity index (χ4n) is 3.70. The average molecular weight is 370 g/mol. The number of unbranched alkanes of at least 4 members (excludes halogenated alkanes) is 2. The molecule has 1 nitrogen and oxygen atoms in total. The second-order valence-corrected chi connectivity index (χ2v) is 21.2. The van der Waals surface area contributed by atoms with Crippen molar-refractivity contribution in [2.45, 2.75) is 108 Å². The van der Waals surface area contributed by atoms with Gasteiger partial charge >= 0.3 is 144 Å². The minimum absolute atomic E-state index is 1.34. The molecule has 0 fully saturated rings. The summed E-state index contributed by atoms with van der Waals surface area (Å²) in [4.78, 5) is 0. The third kappa shape index (κ3) is 8.16. The van der Waals surface area contributed by atoms with Crippen LogP contribution < -0.4 is 0 Å². The second-order valence-electron chi connectivity index (χ2n) is 6.88. The molecule has 0 aliphatic heterocycles. The van der Waals surface area contributed by atoms with Gasteiger partial charge in [-0.3, -0.25) is 0 Å². The molecule has 128 valence electrons. The van der Waals surface area contributed by atoms with Crippen LogP contribution in [0.3, 0.4) is 0 Å². The van der Waals surface area contributed by atoms with Crippen molar-refractivity contribution in [3.8, 4) is 0 Å². The fourth-order valence-corrected chi connectivity index (χ4v) is 25.6. The molecule has 0 aromatic rings. The van der Waals surface area contributed by atoms with Gasteiger partial charge in [0.2, 0.25) is 0 Å². The van der Waals surface area contributed by atoms with E-state index in [4.69, 9.17) is 1.90 Å². The Morgan fingerprint density at radius 3 is 1.29 bits per heavy atom. The van der Waals surface area contributed by atoms with E-state index >= 15 is 0 Å². The van der Waals surface area contributed by atoms with Crippen LogP contribution in [0.25, 0.3) is 0 Å². The molecule has 0 aliphatic rings. The van der Waals surface area contributed by atoms with E-state index in [-0.39, 0.29) is 0 Å². The summed E-state index contributed by atoms with van der Waals surface area (Å²) in [6.07, 6.45) is 8.21. The summed E-state index contributed by atoms with van der Waals surface area (Å²) in [6, 6.07) is 0. The van der Waals surface area contributed by atoms with Gasteiger partial charge in [-0.25, -0.2) is 0 Å². The van der Waals surface area contributed by atoms with Gasteiger partial charge in [0, 0.05) is 0 Å². The fraction of sp³-hybridized carbons (Fsp3) is 1.00. The van der Waals surface area contributed by atoms with Gasteiger partial charge in [0.25, 0.3) is 0 Å². The van der Waals surface area contributed by atoms with E-state index in [0.29, 0.717) is 0 Å². The van der Waals surface area contributed by atoms with Crippen LogP contribution in [0.4, 0.5) is 0 Å². The van der Waals surface area contributed by atoms with Crippen LogP contribution in [0.5, 0.6) is 0 Å². The molecular formula is C18H42OTi2. The summed E-state index contributed by atoms with van der Waals surface area (Å²) >= 11 is -4.07. The molecule has 0 spiro atoms. The summed E-state index contributed by atoms with van der Waals surface area (Å²) in [5.41, 5.74) is 0. The zero-order chi connectivity index (χ0) is 16.2. The molecule has 0 saturated carbocycles. The second kappa shape index (κ2) is 12.8. The zero-order valence-electron chi connectivity index (χ0n) is 15.9. The molecule has 0 amide bonds. The molecule has 0 heterocycles. The van der Waals surface area contributed by atoms with Gasteiger partial charge in [-0.05, 0) is 0 Å². The van der Waals surface area contributed by atoms with Crippen molar-refractivity contribution in [1.29, 1.82) is 0 Å². The van der Waals surface area contributed by atoms with Gasteiger partial charge in [0.15, 0.2) is 0 Å². The first-order valence-electron chi connectivity index (χ1n) is 9.77. The number of rotatable bonds is 14. The third-order valence-corrected chi connectivity index (χ3v) is 24.4. The Bertz CT molecular complexity index is 233. The van der Waals surface area contributed by atoms with Crippen molar-refractivity contribution in [3.05, 3.63) is 0 Å². The molecule has 0 aromatic heterocycles. The molecule has 0 N–H and O–H groups in total. The van der Waals surface area contributed by atoms with E-state index < -0.39 is 34.0 Å². The topological polar surface area (TPSA) is 9.23 Å². The Morgan fingerprint density at radius 1 is 0.524 bits per heavy atom. The molecule has 0 aromatic carbocycles. The Balaban J connectivity index is 5.15. The van der Waals surface area contributed by atoms with E-state index in [1.54, 1.807) is 0 Å². The molecule has 3 heteroatoms. The molecule has 0 aliphatic carbocycles. The minimum atomic E-state index is -2.05. The van der Waals surface area contributed by atoms with Gasteiger partial charge in [-0.1, -0.05) is 0 Å². The van der Waals surface area contributed by atoms with Crippen LogP contribution in [-0.2, 0) is 35.9 Å². The van der Waals surface area contributed by atoms with Crippen molar-refractivity contribution < 1.29 is 35.9 Å². The Labute approximate surface area is 143 Å². The van der Waals surface area contributed by atoms with E-state index in [1.165, 1.54) is 66.9 Å². The SMILES string of the molecule is CCC[CH2][Ti]([CH2]C)([CH2]C)[O][Ti]([CH2]CC)([CH2]CC)[CH2]CCC. The van der Waals surface area contributed by atoms with Crippen LogP contribution in [0, 0.1) is 0 Å². The van der Waals surface area contributed by atoms with Crippen molar-refractivity contribution in [2.24, 2.45) is 0 Å². The van der Waals surface area contributed by atoms with E-state index in [9.17, 15) is 0 Å². The molecule has 0 saturated heterocycles. The van der Waals surface area contributed by atoms with Crippen LogP contribution in [0.1, 0.15) is 80.1 Å². The monoisotopic (exact) mass is 370 g/mol. The van der Waals surface area contributed by atoms with Crippen molar-refractivity contribution in [1.82, 2.24) is 0 Å². The summed E-state index contributed by atoms with van der Waals surface area (Å²) in [5, 5.41) is 0. The van der Waals surface area contributed by atoms with Crippen molar-refractivity contribution in [3.63, 3.8) is 0 Å². The first kappa shape index (κ1) is 22.4. The normalized spacial score (nSPS) is 12.9. The predicted octanol–water partition coefficient (Wildman–Crippen LogP) is 8.11. The summed E-state index contributed by atoms with van der Waals surface area (Å²) in [6.45, 7) is 14.3. The van der Waals surface area contributed by atoms with Crippen molar-refractivity contribution in [2.75, 3.05) is 0 Å².